The van der Waals surface area contributed by atoms with Crippen molar-refractivity contribution in [2.45, 2.75) is 19.1 Å². The van der Waals surface area contributed by atoms with Crippen LogP contribution in [0.4, 0.5) is 9.18 Å². The number of nitrogens with one attached hydrogen (secondary N) is 1. The van der Waals surface area contributed by atoms with Crippen molar-refractivity contribution in [1.82, 2.24) is 10.2 Å². The highest BCUT2D eigenvalue weighted by Gasteiger charge is 2.24. The first-order chi connectivity index (χ1) is 13.7. The first-order valence-electron chi connectivity index (χ1n) is 9.31. The third kappa shape index (κ3) is 5.36. The van der Waals surface area contributed by atoms with Gasteiger partial charge < -0.3 is 24.4 Å². The summed E-state index contributed by atoms with van der Waals surface area (Å²) in [6.07, 6.45) is 0.298. The summed E-state index contributed by atoms with van der Waals surface area (Å²) in [6, 6.07) is 14.2. The van der Waals surface area contributed by atoms with E-state index in [0.29, 0.717) is 38.4 Å². The topological polar surface area (TPSA) is 60.0 Å². The number of hydrogen-bond acceptors (Lipinski definition) is 5. The van der Waals surface area contributed by atoms with Gasteiger partial charge in [-0.2, -0.15) is 0 Å². The Morgan fingerprint density at radius 3 is 2.82 bits per heavy atom. The number of nitrogens with zero attached hydrogens (tertiary/aromatic N) is 1. The molecular weight excluding hydrogens is 363 g/mol. The Bertz CT molecular complexity index is 772. The van der Waals surface area contributed by atoms with Gasteiger partial charge in [-0.3, -0.25) is 0 Å². The van der Waals surface area contributed by atoms with Crippen LogP contribution in [0.2, 0.25) is 0 Å². The Morgan fingerprint density at radius 2 is 2.04 bits per heavy atom. The minimum absolute atomic E-state index is 0.0517. The van der Waals surface area contributed by atoms with Crippen molar-refractivity contribution in [1.29, 1.82) is 0 Å². The molecule has 2 aromatic rings. The van der Waals surface area contributed by atoms with Crippen molar-refractivity contribution in [3.05, 3.63) is 59.9 Å². The van der Waals surface area contributed by atoms with E-state index < -0.39 is 5.82 Å². The Balaban J connectivity index is 1.45. The van der Waals surface area contributed by atoms with Crippen LogP contribution in [0.3, 0.4) is 0 Å². The van der Waals surface area contributed by atoms with Crippen LogP contribution in [-0.2, 0) is 11.3 Å². The summed E-state index contributed by atoms with van der Waals surface area (Å²) in [4.78, 5) is 14.0. The quantitative estimate of drug-likeness (QED) is 0.789. The van der Waals surface area contributed by atoms with Crippen LogP contribution >= 0.6 is 0 Å². The summed E-state index contributed by atoms with van der Waals surface area (Å²) in [7, 11) is 1.48. The van der Waals surface area contributed by atoms with Gasteiger partial charge >= 0.3 is 6.09 Å². The van der Waals surface area contributed by atoms with E-state index in [1.54, 1.807) is 17.0 Å². The van der Waals surface area contributed by atoms with E-state index in [2.05, 4.69) is 5.32 Å². The summed E-state index contributed by atoms with van der Waals surface area (Å²) in [5.41, 5.74) is 0.953. The van der Waals surface area contributed by atoms with E-state index in [4.69, 9.17) is 14.2 Å². The van der Waals surface area contributed by atoms with Gasteiger partial charge in [-0.15, -0.1) is 0 Å². The molecule has 1 heterocycles. The molecule has 7 heteroatoms. The largest absolute Gasteiger partial charge is 0.493 e. The molecule has 150 valence electrons. The van der Waals surface area contributed by atoms with E-state index in [0.717, 1.165) is 5.56 Å². The molecular formula is C21H25FN2O4. The average Bonchev–Trinajstić information content (AvgIpc) is 2.74. The monoisotopic (exact) mass is 388 g/mol. The maximum Gasteiger partial charge on any atom is 0.410 e. The van der Waals surface area contributed by atoms with Gasteiger partial charge in [-0.25, -0.2) is 9.18 Å². The molecule has 0 aliphatic carbocycles. The minimum atomic E-state index is -0.456. The zero-order valence-electron chi connectivity index (χ0n) is 15.9. The highest BCUT2D eigenvalue weighted by molar-refractivity contribution is 5.67. The molecule has 0 bridgehead atoms. The summed E-state index contributed by atoms with van der Waals surface area (Å²) in [6.45, 7) is 2.35. The second-order valence-electron chi connectivity index (χ2n) is 6.55. The number of carbonyl (C=O) groups is 1. The lowest BCUT2D eigenvalue weighted by Crippen LogP contribution is -2.53. The van der Waals surface area contributed by atoms with Crippen LogP contribution in [0.5, 0.6) is 11.5 Å². The van der Waals surface area contributed by atoms with E-state index in [-0.39, 0.29) is 24.5 Å². The Labute approximate surface area is 164 Å². The molecule has 0 unspecified atom stereocenters. The SMILES string of the molecule is COc1cccc(F)c1OCC[C@@H]1CN(C(=O)OCc2ccccc2)CCN1. The van der Waals surface area contributed by atoms with Gasteiger partial charge in [0, 0.05) is 25.7 Å². The number of ether oxygens (including phenoxy) is 3. The maximum absolute atomic E-state index is 13.9. The molecule has 1 fully saturated rings. The molecule has 3 rings (SSSR count). The normalized spacial score (nSPS) is 16.5. The molecule has 0 aromatic heterocycles. The molecule has 1 amide bonds. The molecule has 0 saturated carbocycles. The number of halogens is 1. The Hall–Kier alpha value is -2.80. The lowest BCUT2D eigenvalue weighted by atomic mass is 10.1. The minimum Gasteiger partial charge on any atom is -0.493 e. The molecule has 1 aliphatic rings. The number of rotatable bonds is 7. The lowest BCUT2D eigenvalue weighted by Gasteiger charge is -2.33. The van der Waals surface area contributed by atoms with Gasteiger partial charge in [0.1, 0.15) is 6.61 Å². The van der Waals surface area contributed by atoms with Gasteiger partial charge in [0.05, 0.1) is 13.7 Å². The molecule has 0 radical (unpaired) electrons. The molecule has 28 heavy (non-hydrogen) atoms. The predicted octanol–water partition coefficient (Wildman–Crippen LogP) is 3.21. The second kappa shape index (κ2) is 9.94. The summed E-state index contributed by atoms with van der Waals surface area (Å²) in [5.74, 6) is 0.0183. The standard InChI is InChI=1S/C21H25FN2O4/c1-26-19-9-5-8-18(22)20(19)27-13-10-17-14-24(12-11-23-17)21(25)28-15-16-6-3-2-4-7-16/h2-9,17,23H,10-15H2,1H3/t17-/m1/s1. The highest BCUT2D eigenvalue weighted by Crippen LogP contribution is 2.29. The highest BCUT2D eigenvalue weighted by atomic mass is 19.1. The molecule has 1 aliphatic heterocycles. The van der Waals surface area contributed by atoms with Gasteiger partial charge in [-0.1, -0.05) is 36.4 Å². The van der Waals surface area contributed by atoms with Gasteiger partial charge in [0.15, 0.2) is 17.3 Å². The summed E-state index contributed by atoms with van der Waals surface area (Å²) in [5, 5.41) is 3.35. The second-order valence-corrected chi connectivity index (χ2v) is 6.55. The van der Waals surface area contributed by atoms with Crippen molar-refractivity contribution in [2.24, 2.45) is 0 Å². The number of methoxy groups -OCH3 is 1. The number of carbonyl (C=O) groups excluding carboxylic acids is 1. The molecule has 2 aromatic carbocycles. The number of amides is 1. The van der Waals surface area contributed by atoms with Gasteiger partial charge in [0.2, 0.25) is 0 Å². The first-order valence-corrected chi connectivity index (χ1v) is 9.31. The first kappa shape index (κ1) is 19.9. The molecule has 1 N–H and O–H groups in total. The van der Waals surface area contributed by atoms with Crippen molar-refractivity contribution in [2.75, 3.05) is 33.4 Å². The van der Waals surface area contributed by atoms with Gasteiger partial charge in [-0.05, 0) is 24.1 Å². The lowest BCUT2D eigenvalue weighted by molar-refractivity contribution is 0.0826. The zero-order valence-corrected chi connectivity index (χ0v) is 15.9. The predicted molar refractivity (Wildman–Crippen MR) is 103 cm³/mol. The van der Waals surface area contributed by atoms with Crippen molar-refractivity contribution >= 4 is 6.09 Å². The van der Waals surface area contributed by atoms with E-state index >= 15 is 0 Å². The molecule has 0 spiro atoms. The zero-order chi connectivity index (χ0) is 19.8. The fourth-order valence-corrected chi connectivity index (χ4v) is 3.09. The fraction of sp³-hybridized carbons (Fsp3) is 0.381. The summed E-state index contributed by atoms with van der Waals surface area (Å²) >= 11 is 0. The third-order valence-electron chi connectivity index (χ3n) is 4.58. The van der Waals surface area contributed by atoms with Crippen LogP contribution in [0.25, 0.3) is 0 Å². The van der Waals surface area contributed by atoms with Gasteiger partial charge in [0.25, 0.3) is 0 Å². The van der Waals surface area contributed by atoms with Crippen LogP contribution < -0.4 is 14.8 Å². The van der Waals surface area contributed by atoms with Crippen molar-refractivity contribution < 1.29 is 23.4 Å². The molecule has 1 saturated heterocycles. The van der Waals surface area contributed by atoms with E-state index in [9.17, 15) is 9.18 Å². The number of hydrogen-bond donors (Lipinski definition) is 1. The number of para-hydroxylation sites is 1. The molecule has 6 nitrogen and oxygen atoms in total. The van der Waals surface area contributed by atoms with E-state index in [1.807, 2.05) is 30.3 Å². The fourth-order valence-electron chi connectivity index (χ4n) is 3.09. The maximum atomic E-state index is 13.9. The van der Waals surface area contributed by atoms with Crippen molar-refractivity contribution in [3.63, 3.8) is 0 Å². The smallest absolute Gasteiger partial charge is 0.410 e. The Kier molecular flexibility index (Phi) is 7.08. The number of piperazine rings is 1. The van der Waals surface area contributed by atoms with Crippen molar-refractivity contribution in [3.8, 4) is 11.5 Å². The van der Waals surface area contributed by atoms with Crippen LogP contribution in [0.15, 0.2) is 48.5 Å². The van der Waals surface area contributed by atoms with E-state index in [1.165, 1.54) is 13.2 Å². The van der Waals surface area contributed by atoms with Crippen LogP contribution in [-0.4, -0.2) is 50.4 Å². The van der Waals surface area contributed by atoms with Crippen LogP contribution in [0.1, 0.15) is 12.0 Å². The average molecular weight is 388 g/mol. The number of benzene rings is 2. The molecule has 1 atom stereocenters. The Morgan fingerprint density at radius 1 is 1.21 bits per heavy atom. The summed E-state index contributed by atoms with van der Waals surface area (Å²) < 4.78 is 30.0. The van der Waals surface area contributed by atoms with Crippen LogP contribution in [0, 0.1) is 5.82 Å². The third-order valence-corrected chi connectivity index (χ3v) is 4.58.